The van der Waals surface area contributed by atoms with Crippen LogP contribution in [0.1, 0.15) is 39.0 Å². The second kappa shape index (κ2) is 7.51. The molecule has 15 heavy (non-hydrogen) atoms. The lowest BCUT2D eigenvalue weighted by atomic mass is 10.1. The van der Waals surface area contributed by atoms with Crippen LogP contribution in [0.2, 0.25) is 0 Å². The number of carbonyl (C=O) groups is 1. The second-order valence-corrected chi connectivity index (χ2v) is 3.72. The Balaban J connectivity index is 1.97. The molecule has 0 aromatic heterocycles. The summed E-state index contributed by atoms with van der Waals surface area (Å²) in [7, 11) is 0. The van der Waals surface area contributed by atoms with E-state index in [0.29, 0.717) is 13.2 Å². The number of hydrogen-bond donors (Lipinski definition) is 0. The van der Waals surface area contributed by atoms with E-state index in [-0.39, 0.29) is 6.10 Å². The minimum Gasteiger partial charge on any atom is -0.434 e. The van der Waals surface area contributed by atoms with Crippen LogP contribution in [0, 0.1) is 0 Å². The maximum absolute atomic E-state index is 11.0. The van der Waals surface area contributed by atoms with E-state index in [9.17, 15) is 4.79 Å². The Morgan fingerprint density at radius 3 is 2.80 bits per heavy atom. The van der Waals surface area contributed by atoms with Crippen LogP contribution in [0.4, 0.5) is 4.79 Å². The van der Waals surface area contributed by atoms with Crippen LogP contribution in [-0.2, 0) is 14.2 Å². The molecule has 0 aromatic carbocycles. The average molecular weight is 216 g/mol. The molecule has 0 radical (unpaired) electrons. The molecule has 1 fully saturated rings. The first-order valence-corrected chi connectivity index (χ1v) is 5.74. The number of carbonyl (C=O) groups excluding carboxylic acids is 1. The Labute approximate surface area is 90.9 Å². The van der Waals surface area contributed by atoms with Crippen molar-refractivity contribution in [3.05, 3.63) is 0 Å². The normalized spacial score (nSPS) is 21.0. The summed E-state index contributed by atoms with van der Waals surface area (Å²) in [5.74, 6) is 0. The summed E-state index contributed by atoms with van der Waals surface area (Å²) in [5.41, 5.74) is 0. The van der Waals surface area contributed by atoms with Gasteiger partial charge in [0.15, 0.2) is 0 Å². The van der Waals surface area contributed by atoms with E-state index in [4.69, 9.17) is 14.2 Å². The highest BCUT2D eigenvalue weighted by atomic mass is 16.7. The lowest BCUT2D eigenvalue weighted by molar-refractivity contribution is -0.00799. The third kappa shape index (κ3) is 5.62. The highest BCUT2D eigenvalue weighted by molar-refractivity contribution is 5.59. The average Bonchev–Trinajstić information content (AvgIpc) is 2.28. The van der Waals surface area contributed by atoms with Gasteiger partial charge < -0.3 is 14.2 Å². The Hall–Kier alpha value is -0.770. The fourth-order valence-corrected chi connectivity index (χ4v) is 1.54. The molecule has 0 N–H and O–H groups in total. The molecule has 88 valence electrons. The van der Waals surface area contributed by atoms with Crippen molar-refractivity contribution >= 4 is 6.16 Å². The number of rotatable bonds is 5. The van der Waals surface area contributed by atoms with E-state index >= 15 is 0 Å². The van der Waals surface area contributed by atoms with Crippen molar-refractivity contribution < 1.29 is 19.0 Å². The first kappa shape index (κ1) is 12.3. The fraction of sp³-hybridized carbons (Fsp3) is 0.909. The minimum absolute atomic E-state index is 0.262. The van der Waals surface area contributed by atoms with Crippen LogP contribution in [0.25, 0.3) is 0 Å². The van der Waals surface area contributed by atoms with Gasteiger partial charge in [-0.1, -0.05) is 6.92 Å². The first-order chi connectivity index (χ1) is 7.33. The highest BCUT2D eigenvalue weighted by Gasteiger charge is 2.14. The van der Waals surface area contributed by atoms with Gasteiger partial charge in [0.05, 0.1) is 19.3 Å². The van der Waals surface area contributed by atoms with E-state index < -0.39 is 6.16 Å². The van der Waals surface area contributed by atoms with Crippen molar-refractivity contribution in [2.75, 3.05) is 19.8 Å². The summed E-state index contributed by atoms with van der Waals surface area (Å²) < 4.78 is 15.2. The maximum atomic E-state index is 11.0. The van der Waals surface area contributed by atoms with Gasteiger partial charge in [-0.2, -0.15) is 0 Å². The second-order valence-electron chi connectivity index (χ2n) is 3.72. The molecule has 1 rings (SSSR count). The minimum atomic E-state index is -0.562. The zero-order valence-electron chi connectivity index (χ0n) is 9.37. The standard InChI is InChI=1S/C11H20O4/c1-2-7-14-11(12)15-9-6-10-5-3-4-8-13-10/h10H,2-9H2,1H3. The predicted octanol–water partition coefficient (Wildman–Crippen LogP) is 2.51. The lowest BCUT2D eigenvalue weighted by Crippen LogP contribution is -2.21. The van der Waals surface area contributed by atoms with Crippen molar-refractivity contribution in [2.45, 2.75) is 45.1 Å². The summed E-state index contributed by atoms with van der Waals surface area (Å²) in [4.78, 5) is 11.0. The highest BCUT2D eigenvalue weighted by Crippen LogP contribution is 2.15. The van der Waals surface area contributed by atoms with Crippen LogP contribution in [0.5, 0.6) is 0 Å². The molecule has 1 aliphatic rings. The van der Waals surface area contributed by atoms with E-state index in [1.54, 1.807) is 0 Å². The van der Waals surface area contributed by atoms with Gasteiger partial charge in [0.25, 0.3) is 0 Å². The van der Waals surface area contributed by atoms with E-state index in [1.165, 1.54) is 6.42 Å². The molecule has 0 bridgehead atoms. The van der Waals surface area contributed by atoms with E-state index in [0.717, 1.165) is 32.3 Å². The molecule has 4 nitrogen and oxygen atoms in total. The van der Waals surface area contributed by atoms with Gasteiger partial charge in [0.2, 0.25) is 0 Å². The van der Waals surface area contributed by atoms with Gasteiger partial charge in [0, 0.05) is 13.0 Å². The zero-order valence-corrected chi connectivity index (χ0v) is 9.37. The van der Waals surface area contributed by atoms with Crippen LogP contribution >= 0.6 is 0 Å². The van der Waals surface area contributed by atoms with E-state index in [2.05, 4.69) is 0 Å². The molecule has 0 aliphatic carbocycles. The summed E-state index contributed by atoms with van der Waals surface area (Å²) >= 11 is 0. The van der Waals surface area contributed by atoms with Gasteiger partial charge in [0.1, 0.15) is 0 Å². The van der Waals surface area contributed by atoms with Crippen molar-refractivity contribution in [1.29, 1.82) is 0 Å². The summed E-state index contributed by atoms with van der Waals surface area (Å²) in [5, 5.41) is 0. The van der Waals surface area contributed by atoms with Crippen molar-refractivity contribution in [3.8, 4) is 0 Å². The third-order valence-corrected chi connectivity index (χ3v) is 2.36. The number of hydrogen-bond acceptors (Lipinski definition) is 4. The van der Waals surface area contributed by atoms with Crippen LogP contribution in [0.3, 0.4) is 0 Å². The number of ether oxygens (including phenoxy) is 3. The Morgan fingerprint density at radius 2 is 2.13 bits per heavy atom. The Bertz CT molecular complexity index is 175. The molecule has 1 unspecified atom stereocenters. The van der Waals surface area contributed by atoms with Crippen molar-refractivity contribution in [3.63, 3.8) is 0 Å². The quantitative estimate of drug-likeness (QED) is 0.662. The Kier molecular flexibility index (Phi) is 6.16. The molecular weight excluding hydrogens is 196 g/mol. The van der Waals surface area contributed by atoms with Crippen molar-refractivity contribution in [1.82, 2.24) is 0 Å². The van der Waals surface area contributed by atoms with Crippen LogP contribution in [-0.4, -0.2) is 32.1 Å². The molecule has 1 saturated heterocycles. The topological polar surface area (TPSA) is 44.8 Å². The van der Waals surface area contributed by atoms with Crippen LogP contribution in [0.15, 0.2) is 0 Å². The molecule has 4 heteroatoms. The molecule has 1 atom stereocenters. The smallest absolute Gasteiger partial charge is 0.434 e. The molecule has 0 aromatic rings. The van der Waals surface area contributed by atoms with Gasteiger partial charge in [-0.25, -0.2) is 4.79 Å². The third-order valence-electron chi connectivity index (χ3n) is 2.36. The zero-order chi connectivity index (χ0) is 10.9. The van der Waals surface area contributed by atoms with Gasteiger partial charge in [-0.15, -0.1) is 0 Å². The molecule has 0 saturated carbocycles. The fourth-order valence-electron chi connectivity index (χ4n) is 1.54. The van der Waals surface area contributed by atoms with Gasteiger partial charge in [-0.05, 0) is 25.7 Å². The predicted molar refractivity (Wildman–Crippen MR) is 55.8 cm³/mol. The lowest BCUT2D eigenvalue weighted by Gasteiger charge is -2.22. The summed E-state index contributed by atoms with van der Waals surface area (Å²) in [6.07, 6.45) is 4.74. The molecular formula is C11H20O4. The Morgan fingerprint density at radius 1 is 1.33 bits per heavy atom. The van der Waals surface area contributed by atoms with E-state index in [1.807, 2.05) is 6.92 Å². The summed E-state index contributed by atoms with van der Waals surface area (Å²) in [6, 6.07) is 0. The molecule has 1 aliphatic heterocycles. The van der Waals surface area contributed by atoms with Crippen LogP contribution < -0.4 is 0 Å². The van der Waals surface area contributed by atoms with Gasteiger partial charge in [-0.3, -0.25) is 0 Å². The van der Waals surface area contributed by atoms with Gasteiger partial charge >= 0.3 is 6.16 Å². The largest absolute Gasteiger partial charge is 0.508 e. The summed E-state index contributed by atoms with van der Waals surface area (Å²) in [6.45, 7) is 3.61. The SMILES string of the molecule is CCCOC(=O)OCCC1CCCCO1. The molecule has 0 spiro atoms. The molecule has 1 heterocycles. The van der Waals surface area contributed by atoms with Crippen molar-refractivity contribution in [2.24, 2.45) is 0 Å². The molecule has 0 amide bonds. The maximum Gasteiger partial charge on any atom is 0.508 e. The monoisotopic (exact) mass is 216 g/mol. The first-order valence-electron chi connectivity index (χ1n) is 5.74.